The van der Waals surface area contributed by atoms with E-state index in [9.17, 15) is 15.1 Å². The van der Waals surface area contributed by atoms with Gasteiger partial charge in [-0.1, -0.05) is 22.0 Å². The topological polar surface area (TPSA) is 82.5 Å². The standard InChI is InChI=1S/C19H25BrN2O5/c1-12-10-13(2)15(20)11-14(12)16-17(23)19(4-6-21(25)7-5-19)22(18(16)24)27-9-8-26-3/h10-11,23,25H,4-9H2,1-3H3. The van der Waals surface area contributed by atoms with Crippen molar-refractivity contribution in [3.05, 3.63) is 39.1 Å². The van der Waals surface area contributed by atoms with Gasteiger partial charge < -0.3 is 15.1 Å². The molecule has 27 heavy (non-hydrogen) atoms. The van der Waals surface area contributed by atoms with Crippen molar-refractivity contribution in [1.29, 1.82) is 0 Å². The molecule has 2 aliphatic rings. The lowest BCUT2D eigenvalue weighted by molar-refractivity contribution is -0.231. The molecule has 1 amide bonds. The minimum Gasteiger partial charge on any atom is -0.509 e. The molecule has 2 heterocycles. The van der Waals surface area contributed by atoms with Crippen LogP contribution in [0.5, 0.6) is 0 Å². The summed E-state index contributed by atoms with van der Waals surface area (Å²) in [4.78, 5) is 19.0. The molecule has 2 aliphatic heterocycles. The summed E-state index contributed by atoms with van der Waals surface area (Å²) >= 11 is 3.51. The Morgan fingerprint density at radius 2 is 1.85 bits per heavy atom. The molecule has 0 bridgehead atoms. The van der Waals surface area contributed by atoms with E-state index in [1.165, 1.54) is 10.1 Å². The predicted octanol–water partition coefficient (Wildman–Crippen LogP) is 2.98. The van der Waals surface area contributed by atoms with Crippen molar-refractivity contribution < 1.29 is 24.7 Å². The van der Waals surface area contributed by atoms with Crippen molar-refractivity contribution in [3.8, 4) is 0 Å². The maximum absolute atomic E-state index is 13.3. The number of aliphatic hydroxyl groups excluding tert-OH is 1. The lowest BCUT2D eigenvalue weighted by atomic mass is 9.85. The van der Waals surface area contributed by atoms with Crippen LogP contribution in [0.15, 0.2) is 22.4 Å². The fourth-order valence-electron chi connectivity index (χ4n) is 3.76. The van der Waals surface area contributed by atoms with Gasteiger partial charge in [0.05, 0.1) is 18.8 Å². The number of rotatable bonds is 5. The molecule has 2 N–H and O–H groups in total. The van der Waals surface area contributed by atoms with Gasteiger partial charge in [0.15, 0.2) is 0 Å². The van der Waals surface area contributed by atoms with Gasteiger partial charge >= 0.3 is 0 Å². The van der Waals surface area contributed by atoms with Crippen molar-refractivity contribution in [2.45, 2.75) is 32.2 Å². The lowest BCUT2D eigenvalue weighted by Gasteiger charge is -2.41. The zero-order valence-corrected chi connectivity index (χ0v) is 17.4. The first kappa shape index (κ1) is 20.3. The van der Waals surface area contributed by atoms with Crippen LogP contribution >= 0.6 is 15.9 Å². The third kappa shape index (κ3) is 3.52. The van der Waals surface area contributed by atoms with E-state index in [1.807, 2.05) is 26.0 Å². The summed E-state index contributed by atoms with van der Waals surface area (Å²) < 4.78 is 5.89. The van der Waals surface area contributed by atoms with Crippen LogP contribution in [0.4, 0.5) is 0 Å². The Bertz CT molecular complexity index is 772. The summed E-state index contributed by atoms with van der Waals surface area (Å²) in [6, 6.07) is 3.84. The number of nitrogens with zero attached hydrogens (tertiary/aromatic N) is 2. The number of hydrogen-bond donors (Lipinski definition) is 2. The van der Waals surface area contributed by atoms with Gasteiger partial charge in [-0.2, -0.15) is 5.06 Å². The highest BCUT2D eigenvalue weighted by Gasteiger charge is 2.55. The van der Waals surface area contributed by atoms with Gasteiger partial charge in [-0.05, 0) is 49.4 Å². The first-order valence-electron chi connectivity index (χ1n) is 8.93. The third-order valence-electron chi connectivity index (χ3n) is 5.31. The van der Waals surface area contributed by atoms with Crippen LogP contribution in [0.25, 0.3) is 5.57 Å². The second-order valence-electron chi connectivity index (χ2n) is 7.05. The number of benzene rings is 1. The number of amides is 1. The van der Waals surface area contributed by atoms with Gasteiger partial charge in [0.25, 0.3) is 5.91 Å². The van der Waals surface area contributed by atoms with Gasteiger partial charge in [0.1, 0.15) is 11.3 Å². The van der Waals surface area contributed by atoms with Crippen LogP contribution in [-0.4, -0.2) is 65.3 Å². The highest BCUT2D eigenvalue weighted by molar-refractivity contribution is 9.10. The third-order valence-corrected chi connectivity index (χ3v) is 6.17. The van der Waals surface area contributed by atoms with Crippen LogP contribution in [-0.2, 0) is 14.4 Å². The molecule has 3 rings (SSSR count). The fraction of sp³-hybridized carbons (Fsp3) is 0.526. The Morgan fingerprint density at radius 3 is 2.48 bits per heavy atom. The van der Waals surface area contributed by atoms with Crippen LogP contribution < -0.4 is 0 Å². The van der Waals surface area contributed by atoms with Gasteiger partial charge in [0, 0.05) is 24.7 Å². The van der Waals surface area contributed by atoms with E-state index in [1.54, 1.807) is 7.11 Å². The average Bonchev–Trinajstić information content (AvgIpc) is 2.82. The van der Waals surface area contributed by atoms with Crippen molar-refractivity contribution in [3.63, 3.8) is 0 Å². The van der Waals surface area contributed by atoms with Crippen molar-refractivity contribution in [2.24, 2.45) is 0 Å². The molecule has 0 aliphatic carbocycles. The van der Waals surface area contributed by atoms with Crippen LogP contribution in [0.2, 0.25) is 0 Å². The summed E-state index contributed by atoms with van der Waals surface area (Å²) in [7, 11) is 1.56. The lowest BCUT2D eigenvalue weighted by Crippen LogP contribution is -2.54. The van der Waals surface area contributed by atoms with Crippen LogP contribution in [0.1, 0.15) is 29.5 Å². The van der Waals surface area contributed by atoms with E-state index >= 15 is 0 Å². The first-order valence-corrected chi connectivity index (χ1v) is 9.72. The van der Waals surface area contributed by atoms with Gasteiger partial charge in [-0.25, -0.2) is 5.06 Å². The maximum atomic E-state index is 13.3. The summed E-state index contributed by atoms with van der Waals surface area (Å²) in [6.07, 6.45) is 0.757. The summed E-state index contributed by atoms with van der Waals surface area (Å²) in [5.74, 6) is -0.356. The number of carbonyl (C=O) groups excluding carboxylic acids is 1. The average molecular weight is 441 g/mol. The molecular weight excluding hydrogens is 416 g/mol. The van der Waals surface area contributed by atoms with Crippen molar-refractivity contribution in [1.82, 2.24) is 10.1 Å². The minimum atomic E-state index is -0.969. The number of halogens is 1. The smallest absolute Gasteiger partial charge is 0.282 e. The van der Waals surface area contributed by atoms with Crippen molar-refractivity contribution >= 4 is 27.4 Å². The summed E-state index contributed by atoms with van der Waals surface area (Å²) in [5, 5.41) is 23.4. The number of carbonyl (C=O) groups is 1. The number of aliphatic hydroxyl groups is 1. The number of hydrogen-bond acceptors (Lipinski definition) is 6. The second kappa shape index (κ2) is 7.89. The molecule has 0 radical (unpaired) electrons. The van der Waals surface area contributed by atoms with Crippen molar-refractivity contribution in [2.75, 3.05) is 33.4 Å². The molecule has 0 unspecified atom stereocenters. The number of methoxy groups -OCH3 is 1. The van der Waals surface area contributed by atoms with E-state index in [-0.39, 0.29) is 23.8 Å². The Kier molecular flexibility index (Phi) is 5.93. The predicted molar refractivity (Wildman–Crippen MR) is 103 cm³/mol. The van der Waals surface area contributed by atoms with E-state index in [0.29, 0.717) is 38.1 Å². The Hall–Kier alpha value is -1.45. The summed E-state index contributed by atoms with van der Waals surface area (Å²) in [5.41, 5.74) is 1.93. The molecule has 148 valence electrons. The highest BCUT2D eigenvalue weighted by Crippen LogP contribution is 2.46. The number of hydroxylamine groups is 4. The molecule has 0 atom stereocenters. The molecule has 8 heteroatoms. The normalized spacial score (nSPS) is 20.2. The van der Waals surface area contributed by atoms with Crippen LogP contribution in [0, 0.1) is 13.8 Å². The summed E-state index contributed by atoms with van der Waals surface area (Å²) in [6.45, 7) is 5.10. The Labute approximate surface area is 167 Å². The van der Waals surface area contributed by atoms with E-state index in [2.05, 4.69) is 15.9 Å². The van der Waals surface area contributed by atoms with E-state index in [4.69, 9.17) is 9.57 Å². The molecule has 1 aromatic carbocycles. The quantitative estimate of drug-likeness (QED) is 0.684. The zero-order valence-electron chi connectivity index (χ0n) is 15.8. The zero-order chi connectivity index (χ0) is 19.8. The second-order valence-corrected chi connectivity index (χ2v) is 7.91. The van der Waals surface area contributed by atoms with Gasteiger partial charge in [-0.15, -0.1) is 0 Å². The fourth-order valence-corrected chi connectivity index (χ4v) is 4.11. The van der Waals surface area contributed by atoms with Gasteiger partial charge in [0.2, 0.25) is 0 Å². The molecule has 1 aromatic rings. The molecule has 1 spiro atoms. The van der Waals surface area contributed by atoms with E-state index < -0.39 is 5.54 Å². The monoisotopic (exact) mass is 440 g/mol. The van der Waals surface area contributed by atoms with E-state index in [0.717, 1.165) is 15.6 Å². The first-order chi connectivity index (χ1) is 12.8. The largest absolute Gasteiger partial charge is 0.509 e. The molecule has 0 aromatic heterocycles. The van der Waals surface area contributed by atoms with Gasteiger partial charge in [-0.3, -0.25) is 9.63 Å². The Balaban J connectivity index is 2.06. The molecule has 7 nitrogen and oxygen atoms in total. The maximum Gasteiger partial charge on any atom is 0.282 e. The number of aryl methyl sites for hydroxylation is 2. The highest BCUT2D eigenvalue weighted by atomic mass is 79.9. The Morgan fingerprint density at radius 1 is 1.19 bits per heavy atom. The number of ether oxygens (including phenoxy) is 1. The molecule has 1 saturated heterocycles. The molecular formula is C19H25BrN2O5. The molecule has 1 fully saturated rings. The van der Waals surface area contributed by atoms with Crippen LogP contribution in [0.3, 0.4) is 0 Å². The minimum absolute atomic E-state index is 0.0110. The number of piperidine rings is 1. The SMILES string of the molecule is COCCON1C(=O)C(c2cc(Br)c(C)cc2C)=C(O)C12CCN(O)CC2. The molecule has 0 saturated carbocycles.